The van der Waals surface area contributed by atoms with Gasteiger partial charge in [0.15, 0.2) is 0 Å². The van der Waals surface area contributed by atoms with Crippen LogP contribution in [0.15, 0.2) is 24.3 Å². The highest BCUT2D eigenvalue weighted by molar-refractivity contribution is 5.81. The quantitative estimate of drug-likeness (QED) is 0.808. The molecule has 0 radical (unpaired) electrons. The number of anilines is 1. The Morgan fingerprint density at radius 1 is 1.39 bits per heavy atom. The van der Waals surface area contributed by atoms with Crippen molar-refractivity contribution in [3.63, 3.8) is 0 Å². The summed E-state index contributed by atoms with van der Waals surface area (Å²) in [6.07, 6.45) is 0.521. The molecule has 0 unspecified atom stereocenters. The Bertz CT molecular complexity index is 374. The number of carbonyl (C=O) groups is 1. The van der Waals surface area contributed by atoms with Crippen molar-refractivity contribution >= 4 is 11.6 Å². The van der Waals surface area contributed by atoms with E-state index < -0.39 is 6.10 Å². The maximum Gasteiger partial charge on any atom is 0.239 e. The van der Waals surface area contributed by atoms with Gasteiger partial charge in [0.05, 0.1) is 12.6 Å². The summed E-state index contributed by atoms with van der Waals surface area (Å²) >= 11 is 0. The molecule has 1 aromatic rings. The highest BCUT2D eigenvalue weighted by atomic mass is 16.3. The van der Waals surface area contributed by atoms with E-state index in [4.69, 9.17) is 0 Å². The molecular formula is C14H22N2O2. The van der Waals surface area contributed by atoms with Crippen LogP contribution >= 0.6 is 0 Å². The first kappa shape index (κ1) is 14.5. The lowest BCUT2D eigenvalue weighted by molar-refractivity contribution is -0.119. The smallest absolute Gasteiger partial charge is 0.239 e. The maximum absolute atomic E-state index is 11.5. The largest absolute Gasteiger partial charge is 0.389 e. The van der Waals surface area contributed by atoms with Gasteiger partial charge in [-0.2, -0.15) is 0 Å². The minimum Gasteiger partial charge on any atom is -0.389 e. The van der Waals surface area contributed by atoms with Gasteiger partial charge in [-0.3, -0.25) is 4.79 Å². The fourth-order valence-electron chi connectivity index (χ4n) is 1.79. The summed E-state index contributed by atoms with van der Waals surface area (Å²) in [5.41, 5.74) is 1.89. The number of amides is 1. The number of aliphatic hydroxyl groups is 1. The van der Waals surface area contributed by atoms with Crippen LogP contribution in [0.5, 0.6) is 0 Å². The first-order valence-electron chi connectivity index (χ1n) is 6.32. The molecule has 18 heavy (non-hydrogen) atoms. The number of hydrogen-bond acceptors (Lipinski definition) is 3. The Balaban J connectivity index is 2.81. The molecule has 0 spiro atoms. The van der Waals surface area contributed by atoms with E-state index >= 15 is 0 Å². The van der Waals surface area contributed by atoms with E-state index in [1.807, 2.05) is 29.2 Å². The topological polar surface area (TPSA) is 52.6 Å². The predicted molar refractivity (Wildman–Crippen MR) is 73.6 cm³/mol. The van der Waals surface area contributed by atoms with Crippen LogP contribution in [-0.2, 0) is 4.79 Å². The van der Waals surface area contributed by atoms with Crippen LogP contribution in [0.25, 0.3) is 0 Å². The van der Waals surface area contributed by atoms with Crippen LogP contribution in [-0.4, -0.2) is 31.2 Å². The molecule has 100 valence electrons. The Morgan fingerprint density at radius 3 is 2.44 bits per heavy atom. The second-order valence-electron chi connectivity index (χ2n) is 4.36. The van der Waals surface area contributed by atoms with Gasteiger partial charge in [-0.25, -0.2) is 0 Å². The molecule has 2 N–H and O–H groups in total. The van der Waals surface area contributed by atoms with Gasteiger partial charge in [0, 0.05) is 19.3 Å². The molecule has 0 aliphatic heterocycles. The zero-order chi connectivity index (χ0) is 13.5. The lowest BCUT2D eigenvalue weighted by Gasteiger charge is -2.23. The van der Waals surface area contributed by atoms with Crippen LogP contribution in [0.2, 0.25) is 0 Å². The number of carbonyl (C=O) groups excluding carboxylic acids is 1. The minimum absolute atomic E-state index is 0.00283. The highest BCUT2D eigenvalue weighted by Crippen LogP contribution is 2.19. The van der Waals surface area contributed by atoms with Crippen molar-refractivity contribution in [2.45, 2.75) is 26.4 Å². The molecule has 1 atom stereocenters. The van der Waals surface area contributed by atoms with E-state index in [2.05, 4.69) is 12.2 Å². The van der Waals surface area contributed by atoms with Gasteiger partial charge >= 0.3 is 0 Å². The number of hydrogen-bond donors (Lipinski definition) is 2. The van der Waals surface area contributed by atoms with Crippen molar-refractivity contribution in [1.29, 1.82) is 0 Å². The minimum atomic E-state index is -0.461. The van der Waals surface area contributed by atoms with Crippen molar-refractivity contribution in [3.8, 4) is 0 Å². The van der Waals surface area contributed by atoms with E-state index in [9.17, 15) is 9.90 Å². The monoisotopic (exact) mass is 250 g/mol. The van der Waals surface area contributed by atoms with E-state index in [1.165, 1.54) is 0 Å². The van der Waals surface area contributed by atoms with Gasteiger partial charge in [0.1, 0.15) is 0 Å². The number of nitrogens with zero attached hydrogens (tertiary/aromatic N) is 1. The van der Waals surface area contributed by atoms with Gasteiger partial charge in [0.25, 0.3) is 0 Å². The molecule has 1 aromatic carbocycles. The van der Waals surface area contributed by atoms with Crippen LogP contribution in [0, 0.1) is 0 Å². The van der Waals surface area contributed by atoms with Crippen LogP contribution in [0.4, 0.5) is 5.69 Å². The van der Waals surface area contributed by atoms with E-state index in [-0.39, 0.29) is 5.91 Å². The SMILES string of the molecule is CCCN(CC(=O)NC)c1ccc([C@@H](C)O)cc1. The van der Waals surface area contributed by atoms with Crippen LogP contribution in [0.1, 0.15) is 31.9 Å². The van der Waals surface area contributed by atoms with Crippen molar-refractivity contribution in [2.24, 2.45) is 0 Å². The molecule has 0 aromatic heterocycles. The summed E-state index contributed by atoms with van der Waals surface area (Å²) in [5, 5.41) is 12.1. The summed E-state index contributed by atoms with van der Waals surface area (Å²) in [6.45, 7) is 5.02. The van der Waals surface area contributed by atoms with Gasteiger partial charge in [-0.05, 0) is 31.0 Å². The van der Waals surface area contributed by atoms with Gasteiger partial charge < -0.3 is 15.3 Å². The normalized spacial score (nSPS) is 12.0. The van der Waals surface area contributed by atoms with Crippen LogP contribution in [0.3, 0.4) is 0 Å². The number of benzene rings is 1. The van der Waals surface area contributed by atoms with E-state index in [0.29, 0.717) is 6.54 Å². The molecule has 0 aliphatic rings. The zero-order valence-corrected chi connectivity index (χ0v) is 11.3. The van der Waals surface area contributed by atoms with Crippen molar-refractivity contribution in [2.75, 3.05) is 25.0 Å². The summed E-state index contributed by atoms with van der Waals surface area (Å²) in [4.78, 5) is 13.5. The first-order valence-corrected chi connectivity index (χ1v) is 6.32. The molecule has 0 heterocycles. The molecule has 0 bridgehead atoms. The molecule has 1 amide bonds. The molecule has 0 fully saturated rings. The van der Waals surface area contributed by atoms with Gasteiger partial charge in [-0.1, -0.05) is 19.1 Å². The predicted octanol–water partition coefficient (Wildman–Crippen LogP) is 1.70. The highest BCUT2D eigenvalue weighted by Gasteiger charge is 2.10. The Morgan fingerprint density at radius 2 is 2.00 bits per heavy atom. The average Bonchev–Trinajstić information content (AvgIpc) is 2.38. The van der Waals surface area contributed by atoms with Crippen LogP contribution < -0.4 is 10.2 Å². The number of rotatable bonds is 6. The lowest BCUT2D eigenvalue weighted by Crippen LogP contribution is -2.36. The van der Waals surface area contributed by atoms with Gasteiger partial charge in [-0.15, -0.1) is 0 Å². The standard InChI is InChI=1S/C14H22N2O2/c1-4-9-16(10-14(18)15-3)13-7-5-12(6-8-13)11(2)17/h5-8,11,17H,4,9-10H2,1-3H3,(H,15,18)/t11-/m1/s1. The Labute approximate surface area is 109 Å². The second-order valence-corrected chi connectivity index (χ2v) is 4.36. The van der Waals surface area contributed by atoms with Crippen molar-refractivity contribution in [1.82, 2.24) is 5.32 Å². The fraction of sp³-hybridized carbons (Fsp3) is 0.500. The summed E-state index contributed by atoms with van der Waals surface area (Å²) in [6, 6.07) is 7.68. The average molecular weight is 250 g/mol. The molecule has 4 nitrogen and oxygen atoms in total. The van der Waals surface area contributed by atoms with E-state index in [0.717, 1.165) is 24.2 Å². The third-order valence-electron chi connectivity index (χ3n) is 2.85. The van der Waals surface area contributed by atoms with Crippen molar-refractivity contribution < 1.29 is 9.90 Å². The zero-order valence-electron chi connectivity index (χ0n) is 11.3. The third-order valence-corrected chi connectivity index (χ3v) is 2.85. The molecule has 0 saturated heterocycles. The molecule has 4 heteroatoms. The number of likely N-dealkylation sites (N-methyl/N-ethyl adjacent to an activating group) is 1. The number of nitrogens with one attached hydrogen (secondary N) is 1. The molecule has 1 rings (SSSR count). The summed E-state index contributed by atoms with van der Waals surface area (Å²) < 4.78 is 0. The summed E-state index contributed by atoms with van der Waals surface area (Å²) in [5.74, 6) is 0.00283. The molecule has 0 saturated carbocycles. The maximum atomic E-state index is 11.5. The lowest BCUT2D eigenvalue weighted by atomic mass is 10.1. The van der Waals surface area contributed by atoms with Crippen molar-refractivity contribution in [3.05, 3.63) is 29.8 Å². The number of aliphatic hydroxyl groups excluding tert-OH is 1. The Hall–Kier alpha value is -1.55. The fourth-order valence-corrected chi connectivity index (χ4v) is 1.79. The van der Waals surface area contributed by atoms with E-state index in [1.54, 1.807) is 14.0 Å². The first-order chi connectivity index (χ1) is 8.58. The molecular weight excluding hydrogens is 228 g/mol. The Kier molecular flexibility index (Phi) is 5.65. The second kappa shape index (κ2) is 7.01. The molecule has 0 aliphatic carbocycles. The summed E-state index contributed by atoms with van der Waals surface area (Å²) in [7, 11) is 1.64. The van der Waals surface area contributed by atoms with Gasteiger partial charge in [0.2, 0.25) is 5.91 Å². The third kappa shape index (κ3) is 4.04.